The molecule has 6 nitrogen and oxygen atoms in total. The van der Waals surface area contributed by atoms with Crippen LogP contribution in [0.15, 0.2) is 10.9 Å². The molecule has 4 radical (unpaired) electrons. The number of methoxy groups -OCH3 is 1. The highest BCUT2D eigenvalue weighted by Gasteiger charge is 2.14. The van der Waals surface area contributed by atoms with Gasteiger partial charge in [-0.25, -0.2) is 9.59 Å². The van der Waals surface area contributed by atoms with Gasteiger partial charge in [-0.3, -0.25) is 4.90 Å². The number of carbonyl (C=O) groups excluding carboxylic acids is 2. The second-order valence-electron chi connectivity index (χ2n) is 4.62. The predicted octanol–water partition coefficient (Wildman–Crippen LogP) is -0.636. The molecule has 8 heteroatoms. The SMILES string of the molecule is [B]/C(C(=O)OC)=C(/[B])C(=O)OCCCCN1CCOCC1. The maximum Gasteiger partial charge on any atom is 0.323 e. The molecule has 0 aromatic carbocycles. The van der Waals surface area contributed by atoms with E-state index in [2.05, 4.69) is 9.64 Å². The fourth-order valence-electron chi connectivity index (χ4n) is 1.83. The average Bonchev–Trinajstić information content (AvgIpc) is 2.53. The van der Waals surface area contributed by atoms with E-state index in [9.17, 15) is 9.59 Å². The van der Waals surface area contributed by atoms with E-state index < -0.39 is 22.9 Å². The van der Waals surface area contributed by atoms with Crippen LogP contribution in [0.3, 0.4) is 0 Å². The van der Waals surface area contributed by atoms with Gasteiger partial charge in [0.1, 0.15) is 15.7 Å². The highest BCUT2D eigenvalue weighted by Crippen LogP contribution is 2.04. The molecule has 1 saturated heterocycles. The van der Waals surface area contributed by atoms with Crippen molar-refractivity contribution in [1.82, 2.24) is 4.90 Å². The molecule has 0 atom stereocenters. The summed E-state index contributed by atoms with van der Waals surface area (Å²) in [7, 11) is 11.9. The van der Waals surface area contributed by atoms with Crippen LogP contribution in [0, 0.1) is 0 Å². The van der Waals surface area contributed by atoms with Gasteiger partial charge in [0, 0.05) is 13.1 Å². The summed E-state index contributed by atoms with van der Waals surface area (Å²) in [4.78, 5) is 25.0. The van der Waals surface area contributed by atoms with Crippen molar-refractivity contribution < 1.29 is 23.8 Å². The van der Waals surface area contributed by atoms with Crippen molar-refractivity contribution in [1.29, 1.82) is 0 Å². The van der Waals surface area contributed by atoms with Crippen LogP contribution in [-0.4, -0.2) is 79.1 Å². The first-order valence-corrected chi connectivity index (χ1v) is 6.87. The predicted molar refractivity (Wildman–Crippen MR) is 78.0 cm³/mol. The number of nitrogens with zero attached hydrogens (tertiary/aromatic N) is 1. The zero-order valence-electron chi connectivity index (χ0n) is 12.3. The minimum atomic E-state index is -0.850. The molecule has 0 unspecified atom stereocenters. The molecule has 0 aliphatic carbocycles. The Bertz CT molecular complexity index is 394. The molecule has 21 heavy (non-hydrogen) atoms. The van der Waals surface area contributed by atoms with E-state index in [-0.39, 0.29) is 6.61 Å². The fraction of sp³-hybridized carbons (Fsp3) is 0.692. The van der Waals surface area contributed by atoms with Crippen molar-refractivity contribution in [3.05, 3.63) is 10.9 Å². The van der Waals surface area contributed by atoms with Gasteiger partial charge in [-0.2, -0.15) is 0 Å². The molecule has 0 saturated carbocycles. The van der Waals surface area contributed by atoms with E-state index in [0.29, 0.717) is 6.42 Å². The molecule has 1 heterocycles. The van der Waals surface area contributed by atoms with E-state index in [1.807, 2.05) is 0 Å². The number of esters is 2. The second kappa shape index (κ2) is 9.63. The van der Waals surface area contributed by atoms with Gasteiger partial charge in [-0.1, -0.05) is 0 Å². The molecule has 0 bridgehead atoms. The minimum Gasteiger partial charge on any atom is -0.466 e. The van der Waals surface area contributed by atoms with Crippen molar-refractivity contribution in [3.63, 3.8) is 0 Å². The first kappa shape index (κ1) is 17.8. The Morgan fingerprint density at radius 3 is 2.33 bits per heavy atom. The summed E-state index contributed by atoms with van der Waals surface area (Å²) in [5.74, 6) is -1.65. The standard InChI is InChI=1S/C13H19B2NO5/c1-19-12(17)10(14)11(15)13(18)21-7-3-2-4-16-5-8-20-9-6-16/h2-9H2,1H3/b11-10+. The van der Waals surface area contributed by atoms with Crippen LogP contribution in [0.25, 0.3) is 0 Å². The average molecular weight is 291 g/mol. The fourth-order valence-corrected chi connectivity index (χ4v) is 1.83. The van der Waals surface area contributed by atoms with Crippen molar-refractivity contribution in [3.8, 4) is 0 Å². The first-order chi connectivity index (χ1) is 10.1. The number of hydrogen-bond donors (Lipinski definition) is 0. The third-order valence-corrected chi connectivity index (χ3v) is 3.12. The summed E-state index contributed by atoms with van der Waals surface area (Å²) in [5, 5.41) is 0. The number of ether oxygens (including phenoxy) is 3. The lowest BCUT2D eigenvalue weighted by Gasteiger charge is -2.26. The van der Waals surface area contributed by atoms with Gasteiger partial charge in [-0.05, 0) is 30.3 Å². The maximum atomic E-state index is 11.5. The molecule has 112 valence electrons. The number of morpholine rings is 1. The highest BCUT2D eigenvalue weighted by atomic mass is 16.5. The molecule has 0 aromatic heterocycles. The summed E-state index contributed by atoms with van der Waals surface area (Å²) >= 11 is 0. The Morgan fingerprint density at radius 1 is 1.10 bits per heavy atom. The van der Waals surface area contributed by atoms with Crippen molar-refractivity contribution in [2.75, 3.05) is 46.6 Å². The molecule has 0 aromatic rings. The Balaban J connectivity index is 2.19. The molecule has 0 amide bonds. The molecule has 0 N–H and O–H groups in total. The van der Waals surface area contributed by atoms with Gasteiger partial charge >= 0.3 is 11.9 Å². The summed E-state index contributed by atoms with van der Waals surface area (Å²) in [5.41, 5.74) is -0.856. The summed E-state index contributed by atoms with van der Waals surface area (Å²) in [6.07, 6.45) is 1.62. The smallest absolute Gasteiger partial charge is 0.323 e. The number of hydrogen-bond acceptors (Lipinski definition) is 6. The van der Waals surface area contributed by atoms with Crippen LogP contribution in [0.4, 0.5) is 0 Å². The topological polar surface area (TPSA) is 65.1 Å². The Labute approximate surface area is 127 Å². The van der Waals surface area contributed by atoms with Crippen molar-refractivity contribution >= 4 is 27.6 Å². The molecule has 1 aliphatic rings. The van der Waals surface area contributed by atoms with Crippen LogP contribution in [0.2, 0.25) is 0 Å². The summed E-state index contributed by atoms with van der Waals surface area (Å²) in [6.45, 7) is 4.58. The van der Waals surface area contributed by atoms with E-state index in [4.69, 9.17) is 25.2 Å². The Hall–Kier alpha value is -1.27. The van der Waals surface area contributed by atoms with Gasteiger partial charge in [0.15, 0.2) is 0 Å². The van der Waals surface area contributed by atoms with Gasteiger partial charge in [0.2, 0.25) is 0 Å². The van der Waals surface area contributed by atoms with Gasteiger partial charge in [0.05, 0.1) is 26.9 Å². The Kier molecular flexibility index (Phi) is 8.15. The lowest BCUT2D eigenvalue weighted by molar-refractivity contribution is -0.140. The van der Waals surface area contributed by atoms with E-state index in [1.165, 1.54) is 0 Å². The quantitative estimate of drug-likeness (QED) is 0.269. The van der Waals surface area contributed by atoms with Crippen LogP contribution in [-0.2, 0) is 23.8 Å². The van der Waals surface area contributed by atoms with E-state index in [0.717, 1.165) is 46.4 Å². The molecule has 1 fully saturated rings. The van der Waals surface area contributed by atoms with E-state index >= 15 is 0 Å². The third-order valence-electron chi connectivity index (χ3n) is 3.12. The maximum absolute atomic E-state index is 11.5. The lowest BCUT2D eigenvalue weighted by atomic mass is 9.80. The van der Waals surface area contributed by atoms with Gasteiger partial charge in [-0.15, -0.1) is 0 Å². The number of rotatable bonds is 7. The van der Waals surface area contributed by atoms with Crippen LogP contribution in [0.1, 0.15) is 12.8 Å². The normalized spacial score (nSPS) is 17.0. The molecular weight excluding hydrogens is 272 g/mol. The number of unbranched alkanes of at least 4 members (excludes halogenated alkanes) is 1. The van der Waals surface area contributed by atoms with Crippen LogP contribution in [0.5, 0.6) is 0 Å². The van der Waals surface area contributed by atoms with E-state index in [1.54, 1.807) is 0 Å². The molecule has 1 aliphatic heterocycles. The lowest BCUT2D eigenvalue weighted by Crippen LogP contribution is -2.36. The van der Waals surface area contributed by atoms with Gasteiger partial charge in [0.25, 0.3) is 0 Å². The molecular formula is C13H19B2NO5. The summed E-state index contributed by atoms with van der Waals surface area (Å²) < 4.78 is 14.6. The first-order valence-electron chi connectivity index (χ1n) is 6.87. The highest BCUT2D eigenvalue weighted by molar-refractivity contribution is 6.47. The third kappa shape index (κ3) is 6.35. The molecule has 0 spiro atoms. The second-order valence-corrected chi connectivity index (χ2v) is 4.62. The van der Waals surface area contributed by atoms with Crippen LogP contribution >= 0.6 is 0 Å². The van der Waals surface area contributed by atoms with Gasteiger partial charge < -0.3 is 14.2 Å². The molecule has 1 rings (SSSR count). The minimum absolute atomic E-state index is 0.234. The monoisotopic (exact) mass is 291 g/mol. The van der Waals surface area contributed by atoms with Crippen molar-refractivity contribution in [2.45, 2.75) is 12.8 Å². The van der Waals surface area contributed by atoms with Crippen molar-refractivity contribution in [2.24, 2.45) is 0 Å². The zero-order chi connectivity index (χ0) is 15.7. The largest absolute Gasteiger partial charge is 0.466 e. The Morgan fingerprint density at radius 2 is 1.71 bits per heavy atom. The number of carbonyl (C=O) groups is 2. The summed E-state index contributed by atoms with van der Waals surface area (Å²) in [6, 6.07) is 0. The zero-order valence-corrected chi connectivity index (χ0v) is 12.3. The van der Waals surface area contributed by atoms with Crippen LogP contribution < -0.4 is 0 Å².